The molecule has 1 N–H and O–H groups in total. The largest absolute Gasteiger partial charge is 0.496 e. The lowest BCUT2D eigenvalue weighted by molar-refractivity contribution is -0.123. The lowest BCUT2D eigenvalue weighted by Crippen LogP contribution is -2.35. The number of rotatable bonds is 3. The molecule has 0 spiro atoms. The first-order valence-electron chi connectivity index (χ1n) is 5.99. The number of carbonyl (C=O) groups is 1. The average Bonchev–Trinajstić information content (AvgIpc) is 2.84. The highest BCUT2D eigenvalue weighted by atomic mass is 19.4. The topological polar surface area (TPSA) is 60.3 Å². The van der Waals surface area contributed by atoms with Gasteiger partial charge < -0.3 is 14.6 Å². The minimum absolute atomic E-state index is 0.00262. The Kier molecular flexibility index (Phi) is 3.74. The normalized spacial score (nSPS) is 14.0. The molecule has 110 valence electrons. The van der Waals surface area contributed by atoms with E-state index in [1.807, 2.05) is 0 Å². The Morgan fingerprint density at radius 3 is 2.80 bits per heavy atom. The van der Waals surface area contributed by atoms with Crippen LogP contribution in [0.1, 0.15) is 22.5 Å². The molecular weight excluding hydrogens is 277 g/mol. The van der Waals surface area contributed by atoms with Gasteiger partial charge in [-0.1, -0.05) is 0 Å². The van der Waals surface area contributed by atoms with Crippen molar-refractivity contribution in [1.29, 1.82) is 0 Å². The number of nitrogens with one attached hydrogen (secondary N) is 1. The van der Waals surface area contributed by atoms with E-state index in [1.54, 1.807) is 5.32 Å². The first-order valence-corrected chi connectivity index (χ1v) is 5.99. The fourth-order valence-electron chi connectivity index (χ4n) is 2.25. The monoisotopic (exact) mass is 290 g/mol. The number of aromatic nitrogens is 1. The van der Waals surface area contributed by atoms with Crippen molar-refractivity contribution in [2.75, 3.05) is 13.7 Å². The van der Waals surface area contributed by atoms with Gasteiger partial charge in [0.1, 0.15) is 17.9 Å². The fraction of sp³-hybridized carbons (Fsp3) is 0.500. The van der Waals surface area contributed by atoms with E-state index in [0.717, 1.165) is 6.07 Å². The number of carbonyl (C=O) groups excluding carboxylic acids is 1. The number of methoxy groups -OCH3 is 1. The zero-order valence-electron chi connectivity index (χ0n) is 10.7. The summed E-state index contributed by atoms with van der Waals surface area (Å²) in [6.45, 7) is -0.967. The van der Waals surface area contributed by atoms with Crippen LogP contribution in [-0.4, -0.2) is 30.3 Å². The van der Waals surface area contributed by atoms with Crippen molar-refractivity contribution in [3.8, 4) is 5.75 Å². The zero-order chi connectivity index (χ0) is 14.9. The molecular formula is C12H13F3N2O3. The molecule has 8 heteroatoms. The fourth-order valence-corrected chi connectivity index (χ4v) is 2.25. The zero-order valence-corrected chi connectivity index (χ0v) is 10.7. The Labute approximate surface area is 112 Å². The number of alkyl halides is 3. The third-order valence-corrected chi connectivity index (χ3v) is 3.07. The van der Waals surface area contributed by atoms with Gasteiger partial charge in [-0.25, -0.2) is 0 Å². The summed E-state index contributed by atoms with van der Waals surface area (Å²) in [6.07, 6.45) is -3.36. The first-order chi connectivity index (χ1) is 9.33. The molecule has 2 heterocycles. The highest BCUT2D eigenvalue weighted by Gasteiger charge is 2.30. The molecule has 5 nitrogen and oxygen atoms in total. The third kappa shape index (κ3) is 2.78. The smallest absolute Gasteiger partial charge is 0.405 e. The Morgan fingerprint density at radius 1 is 1.50 bits per heavy atom. The Balaban J connectivity index is 2.38. The summed E-state index contributed by atoms with van der Waals surface area (Å²) in [4.78, 5) is 23.7. The predicted octanol–water partition coefficient (Wildman–Crippen LogP) is 1.10. The van der Waals surface area contributed by atoms with Gasteiger partial charge in [0.05, 0.1) is 7.11 Å². The number of pyridine rings is 1. The third-order valence-electron chi connectivity index (χ3n) is 3.07. The van der Waals surface area contributed by atoms with Crippen molar-refractivity contribution in [3.63, 3.8) is 0 Å². The van der Waals surface area contributed by atoms with Crippen LogP contribution >= 0.6 is 0 Å². The Bertz CT molecular complexity index is 593. The summed E-state index contributed by atoms with van der Waals surface area (Å²) in [6, 6.07) is 1.12. The van der Waals surface area contributed by atoms with E-state index in [2.05, 4.69) is 0 Å². The van der Waals surface area contributed by atoms with Crippen LogP contribution < -0.4 is 15.6 Å². The van der Waals surface area contributed by atoms with Gasteiger partial charge >= 0.3 is 6.18 Å². The van der Waals surface area contributed by atoms with E-state index in [-0.39, 0.29) is 16.9 Å². The molecule has 1 aliphatic rings. The quantitative estimate of drug-likeness (QED) is 0.906. The van der Waals surface area contributed by atoms with Crippen molar-refractivity contribution < 1.29 is 22.7 Å². The molecule has 20 heavy (non-hydrogen) atoms. The molecule has 0 unspecified atom stereocenters. The molecule has 1 aromatic heterocycles. The van der Waals surface area contributed by atoms with Gasteiger partial charge in [-0.3, -0.25) is 9.59 Å². The van der Waals surface area contributed by atoms with Crippen molar-refractivity contribution >= 4 is 5.91 Å². The van der Waals surface area contributed by atoms with E-state index < -0.39 is 18.6 Å². The maximum atomic E-state index is 12.2. The number of hydrogen-bond acceptors (Lipinski definition) is 3. The van der Waals surface area contributed by atoms with Crippen LogP contribution in [-0.2, 0) is 13.0 Å². The van der Waals surface area contributed by atoms with Gasteiger partial charge in [0, 0.05) is 18.3 Å². The number of halogens is 3. The second-order valence-electron chi connectivity index (χ2n) is 4.43. The van der Waals surface area contributed by atoms with Gasteiger partial charge in [-0.2, -0.15) is 13.2 Å². The number of amides is 1. The number of ether oxygens (including phenoxy) is 1. The molecule has 2 rings (SSSR count). The van der Waals surface area contributed by atoms with E-state index >= 15 is 0 Å². The minimum atomic E-state index is -4.49. The van der Waals surface area contributed by atoms with Crippen LogP contribution in [0.4, 0.5) is 13.2 Å². The maximum absolute atomic E-state index is 12.2. The summed E-state index contributed by atoms with van der Waals surface area (Å²) < 4.78 is 42.8. The van der Waals surface area contributed by atoms with Crippen LogP contribution in [0.25, 0.3) is 0 Å². The number of fused-ring (bicyclic) bond motifs is 1. The molecule has 0 bridgehead atoms. The molecule has 0 aromatic carbocycles. The molecule has 0 fully saturated rings. The SMILES string of the molecule is COc1cc(=O)n2c(c1C(=O)NCC(F)(F)F)CCC2. The Hall–Kier alpha value is -1.99. The summed E-state index contributed by atoms with van der Waals surface area (Å²) >= 11 is 0. The average molecular weight is 290 g/mol. The summed E-state index contributed by atoms with van der Waals surface area (Å²) in [7, 11) is 1.27. The van der Waals surface area contributed by atoms with Crippen molar-refractivity contribution in [2.45, 2.75) is 25.6 Å². The molecule has 1 aromatic rings. The standard InChI is InChI=1S/C12H13F3N2O3/c1-20-8-5-9(18)17-4-2-3-7(17)10(8)11(19)16-6-12(13,14)15/h5H,2-4,6H2,1H3,(H,16,19). The molecule has 0 radical (unpaired) electrons. The van der Waals surface area contributed by atoms with Crippen molar-refractivity contribution in [3.05, 3.63) is 27.7 Å². The predicted molar refractivity (Wildman–Crippen MR) is 64.0 cm³/mol. The van der Waals surface area contributed by atoms with E-state index in [4.69, 9.17) is 4.74 Å². The molecule has 0 saturated heterocycles. The van der Waals surface area contributed by atoms with Crippen LogP contribution in [0.5, 0.6) is 5.75 Å². The Morgan fingerprint density at radius 2 is 2.20 bits per heavy atom. The second-order valence-corrected chi connectivity index (χ2v) is 4.43. The van der Waals surface area contributed by atoms with Crippen LogP contribution in [0, 0.1) is 0 Å². The molecule has 0 atom stereocenters. The van der Waals surface area contributed by atoms with Crippen LogP contribution in [0.2, 0.25) is 0 Å². The first kappa shape index (κ1) is 14.4. The highest BCUT2D eigenvalue weighted by molar-refractivity contribution is 5.98. The molecule has 0 aliphatic carbocycles. The van der Waals surface area contributed by atoms with Crippen LogP contribution in [0.15, 0.2) is 10.9 Å². The number of hydrogen-bond donors (Lipinski definition) is 1. The number of nitrogens with zero attached hydrogens (tertiary/aromatic N) is 1. The van der Waals surface area contributed by atoms with E-state index in [9.17, 15) is 22.8 Å². The summed E-state index contributed by atoms with van der Waals surface area (Å²) in [5, 5.41) is 1.80. The highest BCUT2D eigenvalue weighted by Crippen LogP contribution is 2.25. The van der Waals surface area contributed by atoms with Crippen molar-refractivity contribution in [2.24, 2.45) is 0 Å². The lowest BCUT2D eigenvalue weighted by atomic mass is 10.1. The molecule has 1 aliphatic heterocycles. The van der Waals surface area contributed by atoms with Gasteiger partial charge in [-0.05, 0) is 12.8 Å². The van der Waals surface area contributed by atoms with Gasteiger partial charge in [0.25, 0.3) is 11.5 Å². The maximum Gasteiger partial charge on any atom is 0.405 e. The summed E-state index contributed by atoms with van der Waals surface area (Å²) in [5.74, 6) is -0.882. The van der Waals surface area contributed by atoms with Gasteiger partial charge in [0.2, 0.25) is 0 Å². The van der Waals surface area contributed by atoms with Gasteiger partial charge in [0.15, 0.2) is 0 Å². The van der Waals surface area contributed by atoms with Crippen molar-refractivity contribution in [1.82, 2.24) is 9.88 Å². The van der Waals surface area contributed by atoms with Gasteiger partial charge in [-0.15, -0.1) is 0 Å². The molecule has 0 saturated carbocycles. The minimum Gasteiger partial charge on any atom is -0.496 e. The lowest BCUT2D eigenvalue weighted by Gasteiger charge is -2.15. The van der Waals surface area contributed by atoms with Crippen LogP contribution in [0.3, 0.4) is 0 Å². The second kappa shape index (κ2) is 5.18. The van der Waals surface area contributed by atoms with E-state index in [1.165, 1.54) is 11.7 Å². The summed E-state index contributed by atoms with van der Waals surface area (Å²) in [5.41, 5.74) is 0.115. The van der Waals surface area contributed by atoms with E-state index in [0.29, 0.717) is 25.1 Å². The molecule has 1 amide bonds.